The molecule has 1 fully saturated rings. The number of sulfone groups is 1. The lowest BCUT2D eigenvalue weighted by Gasteiger charge is -2.14. The lowest BCUT2D eigenvalue weighted by atomic mass is 10.1. The summed E-state index contributed by atoms with van der Waals surface area (Å²) in [5.74, 6) is -0.162. The highest BCUT2D eigenvalue weighted by molar-refractivity contribution is 7.91. The molecule has 0 aliphatic heterocycles. The fraction of sp³-hybridized carbons (Fsp3) is 0.533. The summed E-state index contributed by atoms with van der Waals surface area (Å²) in [6, 6.07) is 7.21. The molecule has 0 unspecified atom stereocenters. The molecule has 1 aromatic carbocycles. The lowest BCUT2D eigenvalue weighted by molar-refractivity contribution is -0.141. The van der Waals surface area contributed by atoms with Crippen LogP contribution in [0.15, 0.2) is 24.3 Å². The summed E-state index contributed by atoms with van der Waals surface area (Å²) >= 11 is 0. The third-order valence-corrected chi connectivity index (χ3v) is 5.79. The number of aryl methyl sites for hydroxylation is 1. The van der Waals surface area contributed by atoms with Crippen LogP contribution in [0.2, 0.25) is 0 Å². The average molecular weight is 311 g/mol. The highest BCUT2D eigenvalue weighted by atomic mass is 32.2. The van der Waals surface area contributed by atoms with Crippen LogP contribution in [0.3, 0.4) is 0 Å². The Balaban J connectivity index is 1.90. The molecular formula is C15H21NO4S. The molecular weight excluding hydrogens is 290 g/mol. The molecule has 1 aliphatic rings. The van der Waals surface area contributed by atoms with E-state index < -0.39 is 9.84 Å². The van der Waals surface area contributed by atoms with Gasteiger partial charge in [0.15, 0.2) is 9.84 Å². The van der Waals surface area contributed by atoms with Gasteiger partial charge >= 0.3 is 5.97 Å². The summed E-state index contributed by atoms with van der Waals surface area (Å²) in [6.45, 7) is 0. The van der Waals surface area contributed by atoms with Gasteiger partial charge in [0.1, 0.15) is 0 Å². The summed E-state index contributed by atoms with van der Waals surface area (Å²) in [6.07, 6.45) is 2.23. The zero-order chi connectivity index (χ0) is 15.5. The summed E-state index contributed by atoms with van der Waals surface area (Å²) < 4.78 is 29.1. The molecule has 0 saturated heterocycles. The molecule has 5 nitrogen and oxygen atoms in total. The Kier molecular flexibility index (Phi) is 4.56. The van der Waals surface area contributed by atoms with Gasteiger partial charge in [-0.15, -0.1) is 0 Å². The Morgan fingerprint density at radius 2 is 1.90 bits per heavy atom. The van der Waals surface area contributed by atoms with Gasteiger partial charge in [0, 0.05) is 5.69 Å². The fourth-order valence-corrected chi connectivity index (χ4v) is 4.44. The van der Waals surface area contributed by atoms with Crippen molar-refractivity contribution in [1.82, 2.24) is 0 Å². The van der Waals surface area contributed by atoms with Gasteiger partial charge in [0.2, 0.25) is 0 Å². The molecule has 0 heterocycles. The van der Waals surface area contributed by atoms with Gasteiger partial charge in [-0.2, -0.15) is 0 Å². The number of hydrogen-bond donors (Lipinski definition) is 1. The second kappa shape index (κ2) is 6.05. The molecule has 0 aromatic heterocycles. The molecule has 1 aromatic rings. The van der Waals surface area contributed by atoms with Gasteiger partial charge in [-0.1, -0.05) is 12.1 Å². The van der Waals surface area contributed by atoms with Gasteiger partial charge < -0.3 is 10.5 Å². The van der Waals surface area contributed by atoms with E-state index in [2.05, 4.69) is 4.74 Å². The molecule has 2 rings (SSSR count). The number of rotatable bonds is 7. The average Bonchev–Trinajstić information content (AvgIpc) is 3.16. The zero-order valence-corrected chi connectivity index (χ0v) is 13.0. The molecule has 116 valence electrons. The summed E-state index contributed by atoms with van der Waals surface area (Å²) in [7, 11) is -1.85. The number of benzene rings is 1. The van der Waals surface area contributed by atoms with E-state index in [9.17, 15) is 13.2 Å². The number of hydrogen-bond acceptors (Lipinski definition) is 5. The van der Waals surface area contributed by atoms with Crippen LogP contribution in [0.4, 0.5) is 5.69 Å². The Morgan fingerprint density at radius 3 is 2.43 bits per heavy atom. The van der Waals surface area contributed by atoms with Crippen molar-refractivity contribution in [1.29, 1.82) is 0 Å². The highest BCUT2D eigenvalue weighted by Gasteiger charge is 2.47. The number of methoxy groups -OCH3 is 1. The van der Waals surface area contributed by atoms with Crippen molar-refractivity contribution in [2.45, 2.75) is 25.7 Å². The number of nitrogen functional groups attached to an aromatic ring is 1. The molecule has 21 heavy (non-hydrogen) atoms. The first-order chi connectivity index (χ1) is 9.84. The fourth-order valence-electron chi connectivity index (χ4n) is 2.42. The van der Waals surface area contributed by atoms with Crippen LogP contribution in [0.1, 0.15) is 24.8 Å². The van der Waals surface area contributed by atoms with E-state index in [1.807, 2.05) is 12.1 Å². The maximum Gasteiger partial charge on any atom is 0.306 e. The van der Waals surface area contributed by atoms with E-state index >= 15 is 0 Å². The van der Waals surface area contributed by atoms with Crippen LogP contribution in [0.5, 0.6) is 0 Å². The smallest absolute Gasteiger partial charge is 0.306 e. The van der Waals surface area contributed by atoms with Crippen LogP contribution in [-0.4, -0.2) is 33.0 Å². The SMILES string of the molecule is COC(=O)CC1(CS(=O)(=O)CCc2ccc(N)cc2)CC1. The number of anilines is 1. The van der Waals surface area contributed by atoms with Crippen LogP contribution in [0, 0.1) is 5.41 Å². The van der Waals surface area contributed by atoms with Crippen molar-refractivity contribution >= 4 is 21.5 Å². The van der Waals surface area contributed by atoms with Crippen LogP contribution < -0.4 is 5.73 Å². The van der Waals surface area contributed by atoms with Gasteiger partial charge in [-0.05, 0) is 42.4 Å². The second-order valence-corrected chi connectivity index (χ2v) is 8.02. The van der Waals surface area contributed by atoms with E-state index in [0.29, 0.717) is 12.1 Å². The minimum absolute atomic E-state index is 0.0735. The number of nitrogens with two attached hydrogens (primary N) is 1. The third-order valence-electron chi connectivity index (χ3n) is 3.91. The quantitative estimate of drug-likeness (QED) is 0.610. The predicted molar refractivity (Wildman–Crippen MR) is 81.5 cm³/mol. The van der Waals surface area contributed by atoms with Crippen LogP contribution in [-0.2, 0) is 25.8 Å². The standard InChI is InChI=1S/C15H21NO4S/c1-20-14(17)10-15(7-8-15)11-21(18,19)9-6-12-2-4-13(16)5-3-12/h2-5H,6-11,16H2,1H3. The van der Waals surface area contributed by atoms with E-state index in [0.717, 1.165) is 18.4 Å². The number of carbonyl (C=O) groups is 1. The van der Waals surface area contributed by atoms with Crippen molar-refractivity contribution in [3.8, 4) is 0 Å². The zero-order valence-electron chi connectivity index (χ0n) is 12.2. The highest BCUT2D eigenvalue weighted by Crippen LogP contribution is 2.50. The van der Waals surface area contributed by atoms with Crippen molar-refractivity contribution in [3.05, 3.63) is 29.8 Å². The third kappa shape index (κ3) is 4.74. The molecule has 1 saturated carbocycles. The number of ether oxygens (including phenoxy) is 1. The molecule has 6 heteroatoms. The Hall–Kier alpha value is -1.56. The minimum atomic E-state index is -3.18. The van der Waals surface area contributed by atoms with Crippen molar-refractivity contribution in [2.24, 2.45) is 5.41 Å². The number of esters is 1. The van der Waals surface area contributed by atoms with E-state index in [1.165, 1.54) is 7.11 Å². The van der Waals surface area contributed by atoms with Gasteiger partial charge in [-0.25, -0.2) is 8.42 Å². The van der Waals surface area contributed by atoms with Gasteiger partial charge in [-0.3, -0.25) is 4.79 Å². The molecule has 0 atom stereocenters. The first kappa shape index (κ1) is 15.8. The first-order valence-electron chi connectivity index (χ1n) is 6.96. The van der Waals surface area contributed by atoms with E-state index in [-0.39, 0.29) is 29.3 Å². The van der Waals surface area contributed by atoms with E-state index in [4.69, 9.17) is 5.73 Å². The number of carbonyl (C=O) groups excluding carboxylic acids is 1. The van der Waals surface area contributed by atoms with Crippen LogP contribution >= 0.6 is 0 Å². The predicted octanol–water partition coefficient (Wildman–Crippen LogP) is 1.57. The maximum absolute atomic E-state index is 12.2. The van der Waals surface area contributed by atoms with Gasteiger partial charge in [0.05, 0.1) is 25.0 Å². The van der Waals surface area contributed by atoms with Crippen molar-refractivity contribution in [3.63, 3.8) is 0 Å². The summed E-state index contributed by atoms with van der Waals surface area (Å²) in [5.41, 5.74) is 6.83. The molecule has 0 amide bonds. The second-order valence-electron chi connectivity index (χ2n) is 5.84. The largest absolute Gasteiger partial charge is 0.469 e. The summed E-state index contributed by atoms with van der Waals surface area (Å²) in [5, 5.41) is 0. The van der Waals surface area contributed by atoms with Gasteiger partial charge in [0.25, 0.3) is 0 Å². The van der Waals surface area contributed by atoms with E-state index in [1.54, 1.807) is 12.1 Å². The van der Waals surface area contributed by atoms with Crippen molar-refractivity contribution < 1.29 is 17.9 Å². The van der Waals surface area contributed by atoms with Crippen molar-refractivity contribution in [2.75, 3.05) is 24.3 Å². The summed E-state index contributed by atoms with van der Waals surface area (Å²) in [4.78, 5) is 11.3. The molecule has 1 aliphatic carbocycles. The Labute approximate surface area is 125 Å². The maximum atomic E-state index is 12.2. The molecule has 0 radical (unpaired) electrons. The minimum Gasteiger partial charge on any atom is -0.469 e. The Bertz CT molecular complexity index is 603. The molecule has 0 bridgehead atoms. The Morgan fingerprint density at radius 1 is 1.29 bits per heavy atom. The lowest BCUT2D eigenvalue weighted by Crippen LogP contribution is -2.23. The normalized spacial score (nSPS) is 16.4. The topological polar surface area (TPSA) is 86.5 Å². The first-order valence-corrected chi connectivity index (χ1v) is 8.78. The molecule has 2 N–H and O–H groups in total. The monoisotopic (exact) mass is 311 g/mol. The molecule has 0 spiro atoms. The van der Waals surface area contributed by atoms with Crippen LogP contribution in [0.25, 0.3) is 0 Å².